The smallest absolute Gasteiger partial charge is 0.248 e. The van der Waals surface area contributed by atoms with Gasteiger partial charge in [-0.25, -0.2) is 4.98 Å². The fraction of sp³-hybridized carbons (Fsp3) is 0. The lowest BCUT2D eigenvalue weighted by Crippen LogP contribution is -2.03. The maximum atomic E-state index is 6.21. The van der Waals surface area contributed by atoms with Crippen LogP contribution in [0.2, 0.25) is 10.0 Å². The second-order valence-corrected chi connectivity index (χ2v) is 6.56. The number of fused-ring (bicyclic) bond motifs is 1. The van der Waals surface area contributed by atoms with E-state index in [0.717, 1.165) is 10.8 Å². The molecule has 0 amide bonds. The molecule has 3 N–H and O–H groups in total. The molecular weight excluding hydrogens is 383 g/mol. The Kier molecular flexibility index (Phi) is 4.71. The van der Waals surface area contributed by atoms with Gasteiger partial charge in [0.15, 0.2) is 5.82 Å². The van der Waals surface area contributed by atoms with Crippen LogP contribution in [0.25, 0.3) is 10.8 Å². The Balaban J connectivity index is 1.64. The van der Waals surface area contributed by atoms with Gasteiger partial charge < -0.3 is 15.8 Å². The first-order valence-electron chi connectivity index (χ1n) is 8.10. The van der Waals surface area contributed by atoms with Crippen molar-refractivity contribution in [2.45, 2.75) is 0 Å². The fourth-order valence-corrected chi connectivity index (χ4v) is 2.98. The summed E-state index contributed by atoms with van der Waals surface area (Å²) in [5.41, 5.74) is 7.05. The molecule has 0 saturated carbocycles. The Morgan fingerprint density at radius 1 is 0.889 bits per heavy atom. The zero-order valence-electron chi connectivity index (χ0n) is 14.0. The average Bonchev–Trinajstić information content (AvgIpc) is 2.68. The van der Waals surface area contributed by atoms with Crippen LogP contribution in [0, 0.1) is 0 Å². The van der Waals surface area contributed by atoms with Gasteiger partial charge in [-0.15, -0.1) is 0 Å². The molecule has 27 heavy (non-hydrogen) atoms. The molecular formula is C20H14Cl2N4O. The van der Waals surface area contributed by atoms with Gasteiger partial charge in [-0.3, -0.25) is 0 Å². The Morgan fingerprint density at radius 2 is 1.70 bits per heavy atom. The van der Waals surface area contributed by atoms with Crippen molar-refractivity contribution in [1.29, 1.82) is 0 Å². The summed E-state index contributed by atoms with van der Waals surface area (Å²) in [7, 11) is 0. The van der Waals surface area contributed by atoms with Gasteiger partial charge >= 0.3 is 0 Å². The molecule has 0 saturated heterocycles. The predicted molar refractivity (Wildman–Crippen MR) is 110 cm³/mol. The summed E-state index contributed by atoms with van der Waals surface area (Å²) in [4.78, 5) is 8.31. The lowest BCUT2D eigenvalue weighted by molar-refractivity contribution is 0.465. The molecule has 0 aliphatic heterocycles. The molecule has 0 bridgehead atoms. The molecule has 4 aromatic rings. The van der Waals surface area contributed by atoms with E-state index < -0.39 is 0 Å². The van der Waals surface area contributed by atoms with E-state index in [9.17, 15) is 0 Å². The number of hydrogen-bond donors (Lipinski definition) is 2. The van der Waals surface area contributed by atoms with Gasteiger partial charge in [0.25, 0.3) is 0 Å². The minimum atomic E-state index is 0.251. The minimum absolute atomic E-state index is 0.251. The highest BCUT2D eigenvalue weighted by Gasteiger charge is 2.13. The van der Waals surface area contributed by atoms with Crippen molar-refractivity contribution < 1.29 is 4.74 Å². The number of rotatable bonds is 4. The average molecular weight is 397 g/mol. The first-order valence-corrected chi connectivity index (χ1v) is 8.85. The van der Waals surface area contributed by atoms with E-state index in [1.807, 2.05) is 42.5 Å². The molecule has 0 aliphatic carbocycles. The Morgan fingerprint density at radius 3 is 2.56 bits per heavy atom. The number of nitrogens with zero attached hydrogens (tertiary/aromatic N) is 2. The van der Waals surface area contributed by atoms with Crippen molar-refractivity contribution in [3.8, 4) is 11.6 Å². The van der Waals surface area contributed by atoms with Gasteiger partial charge in [-0.2, -0.15) is 4.98 Å². The second kappa shape index (κ2) is 7.31. The van der Waals surface area contributed by atoms with Crippen molar-refractivity contribution in [2.75, 3.05) is 11.1 Å². The number of halogens is 2. The maximum absolute atomic E-state index is 6.21. The van der Waals surface area contributed by atoms with Crippen LogP contribution in [0.1, 0.15) is 0 Å². The molecule has 0 fully saturated rings. The number of nitrogens with two attached hydrogens (primary N) is 1. The standard InChI is InChI=1S/C20H14Cl2N4O/c21-15-6-3-7-16(17(15)22)26-19-18(23)20(25-11-24-19)27-14-9-8-12-4-1-2-5-13(12)10-14/h1-11H,23H2,(H,24,25,26). The van der Waals surface area contributed by atoms with E-state index in [2.05, 4.69) is 15.3 Å². The van der Waals surface area contributed by atoms with E-state index >= 15 is 0 Å². The zero-order valence-corrected chi connectivity index (χ0v) is 15.5. The molecule has 3 aromatic carbocycles. The minimum Gasteiger partial charge on any atom is -0.437 e. The number of anilines is 3. The first kappa shape index (κ1) is 17.4. The number of hydrogen-bond acceptors (Lipinski definition) is 5. The van der Waals surface area contributed by atoms with Crippen LogP contribution < -0.4 is 15.8 Å². The van der Waals surface area contributed by atoms with E-state index in [-0.39, 0.29) is 11.6 Å². The van der Waals surface area contributed by atoms with Gasteiger partial charge in [0.1, 0.15) is 17.8 Å². The molecule has 4 rings (SSSR count). The third kappa shape index (κ3) is 3.60. The van der Waals surface area contributed by atoms with Crippen molar-refractivity contribution in [1.82, 2.24) is 9.97 Å². The third-order valence-electron chi connectivity index (χ3n) is 3.99. The van der Waals surface area contributed by atoms with Crippen LogP contribution in [0.3, 0.4) is 0 Å². The van der Waals surface area contributed by atoms with Crippen LogP contribution in [0.4, 0.5) is 17.2 Å². The van der Waals surface area contributed by atoms with Crippen molar-refractivity contribution in [3.05, 3.63) is 77.0 Å². The summed E-state index contributed by atoms with van der Waals surface area (Å²) in [5.74, 6) is 1.26. The SMILES string of the molecule is Nc1c(Nc2cccc(Cl)c2Cl)ncnc1Oc1ccc2ccccc2c1. The molecule has 0 unspecified atom stereocenters. The van der Waals surface area contributed by atoms with Crippen molar-refractivity contribution in [2.24, 2.45) is 0 Å². The molecule has 0 atom stereocenters. The topological polar surface area (TPSA) is 73.1 Å². The van der Waals surface area contributed by atoms with E-state index in [1.165, 1.54) is 6.33 Å². The zero-order chi connectivity index (χ0) is 18.8. The Labute approximate surface area is 165 Å². The number of aromatic nitrogens is 2. The van der Waals surface area contributed by atoms with Crippen molar-refractivity contribution in [3.63, 3.8) is 0 Å². The lowest BCUT2D eigenvalue weighted by Gasteiger charge is -2.13. The first-order chi connectivity index (χ1) is 13.1. The summed E-state index contributed by atoms with van der Waals surface area (Å²) in [6, 6.07) is 19.0. The van der Waals surface area contributed by atoms with Gasteiger partial charge in [0.05, 0.1) is 15.7 Å². The highest BCUT2D eigenvalue weighted by molar-refractivity contribution is 6.43. The molecule has 1 heterocycles. The quantitative estimate of drug-likeness (QED) is 0.438. The summed E-state index contributed by atoms with van der Waals surface area (Å²) in [5, 5.41) is 6.07. The van der Waals surface area contributed by atoms with E-state index in [0.29, 0.717) is 27.3 Å². The molecule has 0 spiro atoms. The maximum Gasteiger partial charge on any atom is 0.248 e. The predicted octanol–water partition coefficient (Wildman–Crippen LogP) is 6.05. The van der Waals surface area contributed by atoms with Crippen LogP contribution in [0.15, 0.2) is 67.0 Å². The Bertz CT molecular complexity index is 1130. The van der Waals surface area contributed by atoms with Gasteiger partial charge in [0.2, 0.25) is 5.88 Å². The van der Waals surface area contributed by atoms with Gasteiger partial charge in [-0.1, -0.05) is 59.6 Å². The summed E-state index contributed by atoms with van der Waals surface area (Å²) in [6.45, 7) is 0. The van der Waals surface area contributed by atoms with Crippen LogP contribution >= 0.6 is 23.2 Å². The van der Waals surface area contributed by atoms with Crippen molar-refractivity contribution >= 4 is 51.2 Å². The summed E-state index contributed by atoms with van der Waals surface area (Å²) >= 11 is 12.3. The third-order valence-corrected chi connectivity index (χ3v) is 4.81. The molecule has 134 valence electrons. The monoisotopic (exact) mass is 396 g/mol. The molecule has 0 radical (unpaired) electrons. The molecule has 1 aromatic heterocycles. The lowest BCUT2D eigenvalue weighted by atomic mass is 10.1. The number of nitrogen functional groups attached to an aromatic ring is 1. The second-order valence-electron chi connectivity index (χ2n) is 5.78. The molecule has 0 aliphatic rings. The van der Waals surface area contributed by atoms with Gasteiger partial charge in [0, 0.05) is 0 Å². The molecule has 7 heteroatoms. The number of benzene rings is 3. The number of ether oxygens (including phenoxy) is 1. The Hall–Kier alpha value is -3.02. The summed E-state index contributed by atoms with van der Waals surface area (Å²) in [6.07, 6.45) is 1.37. The van der Waals surface area contributed by atoms with Gasteiger partial charge in [-0.05, 0) is 35.0 Å². The molecule has 5 nitrogen and oxygen atoms in total. The van der Waals surface area contributed by atoms with Crippen LogP contribution in [-0.2, 0) is 0 Å². The summed E-state index contributed by atoms with van der Waals surface area (Å²) < 4.78 is 5.87. The van der Waals surface area contributed by atoms with E-state index in [4.69, 9.17) is 33.7 Å². The highest BCUT2D eigenvalue weighted by atomic mass is 35.5. The van der Waals surface area contributed by atoms with Crippen LogP contribution in [0.5, 0.6) is 11.6 Å². The largest absolute Gasteiger partial charge is 0.437 e. The highest BCUT2D eigenvalue weighted by Crippen LogP contribution is 2.35. The van der Waals surface area contributed by atoms with E-state index in [1.54, 1.807) is 18.2 Å². The number of nitrogens with one attached hydrogen (secondary N) is 1. The normalized spacial score (nSPS) is 10.7. The fourth-order valence-electron chi connectivity index (χ4n) is 2.63. The van der Waals surface area contributed by atoms with Crippen LogP contribution in [-0.4, -0.2) is 9.97 Å².